The van der Waals surface area contributed by atoms with Crippen LogP contribution in [0.2, 0.25) is 0 Å². The lowest BCUT2D eigenvalue weighted by atomic mass is 10.2. The van der Waals surface area contributed by atoms with E-state index in [-0.39, 0.29) is 0 Å². The molecule has 96 valence electrons. The smallest absolute Gasteiger partial charge is 0.355 e. The Balaban J connectivity index is 2.69. The molecular weight excluding hydrogens is 302 g/mol. The summed E-state index contributed by atoms with van der Waals surface area (Å²) in [5, 5.41) is 0.827. The molecule has 0 saturated heterocycles. The molecular formula is C12H12BrNO4. The second kappa shape index (κ2) is 4.89. The Morgan fingerprint density at radius 2 is 1.78 bits per heavy atom. The molecule has 18 heavy (non-hydrogen) atoms. The number of esters is 1. The molecule has 0 atom stereocenters. The number of H-pyrrole nitrogens is 1. The Morgan fingerprint density at radius 3 is 2.33 bits per heavy atom. The summed E-state index contributed by atoms with van der Waals surface area (Å²) in [6.07, 6.45) is 0. The fourth-order valence-electron chi connectivity index (χ4n) is 1.73. The van der Waals surface area contributed by atoms with E-state index < -0.39 is 5.97 Å². The summed E-state index contributed by atoms with van der Waals surface area (Å²) in [7, 11) is 4.45. The Kier molecular flexibility index (Phi) is 3.47. The first kappa shape index (κ1) is 12.8. The minimum absolute atomic E-state index is 0.364. The largest absolute Gasteiger partial charge is 0.493 e. The number of methoxy groups -OCH3 is 3. The Labute approximate surface area is 112 Å². The Bertz CT molecular complexity index is 606. The molecule has 0 saturated carbocycles. The van der Waals surface area contributed by atoms with E-state index in [0.717, 1.165) is 10.9 Å². The fourth-order valence-corrected chi connectivity index (χ4v) is 2.32. The molecule has 1 heterocycles. The number of carbonyl (C=O) groups excluding carboxylic acids is 1. The van der Waals surface area contributed by atoms with Crippen molar-refractivity contribution in [2.75, 3.05) is 21.3 Å². The van der Waals surface area contributed by atoms with Gasteiger partial charge in [0.25, 0.3) is 0 Å². The highest BCUT2D eigenvalue weighted by Gasteiger charge is 2.18. The van der Waals surface area contributed by atoms with E-state index >= 15 is 0 Å². The molecule has 0 bridgehead atoms. The van der Waals surface area contributed by atoms with Gasteiger partial charge in [-0.05, 0) is 22.0 Å². The van der Waals surface area contributed by atoms with Gasteiger partial charge >= 0.3 is 5.97 Å². The number of nitrogens with one attached hydrogen (secondary N) is 1. The van der Waals surface area contributed by atoms with Crippen LogP contribution in [0.1, 0.15) is 10.5 Å². The molecule has 0 spiro atoms. The predicted octanol–water partition coefficient (Wildman–Crippen LogP) is 2.73. The van der Waals surface area contributed by atoms with Gasteiger partial charge < -0.3 is 19.2 Å². The first-order valence-electron chi connectivity index (χ1n) is 5.13. The number of hydrogen-bond donors (Lipinski definition) is 1. The molecule has 1 aromatic carbocycles. The summed E-state index contributed by atoms with van der Waals surface area (Å²) < 4.78 is 15.8. The molecule has 2 rings (SSSR count). The van der Waals surface area contributed by atoms with Gasteiger partial charge in [0.05, 0.1) is 31.3 Å². The zero-order valence-electron chi connectivity index (χ0n) is 10.2. The van der Waals surface area contributed by atoms with Crippen LogP contribution in [0.15, 0.2) is 16.6 Å². The van der Waals surface area contributed by atoms with Gasteiger partial charge in [-0.2, -0.15) is 0 Å². The normalized spacial score (nSPS) is 10.4. The molecule has 1 N–H and O–H groups in total. The van der Waals surface area contributed by atoms with Crippen molar-refractivity contribution in [1.29, 1.82) is 0 Å². The zero-order valence-corrected chi connectivity index (χ0v) is 11.8. The number of benzene rings is 1. The van der Waals surface area contributed by atoms with Gasteiger partial charge in [0.1, 0.15) is 5.69 Å². The summed E-state index contributed by atoms with van der Waals surface area (Å²) in [6.45, 7) is 0. The summed E-state index contributed by atoms with van der Waals surface area (Å²) in [5.74, 6) is 0.757. The molecule has 5 nitrogen and oxygen atoms in total. The third kappa shape index (κ3) is 1.92. The van der Waals surface area contributed by atoms with Gasteiger partial charge in [-0.25, -0.2) is 4.79 Å². The van der Waals surface area contributed by atoms with E-state index in [9.17, 15) is 4.79 Å². The number of aromatic amines is 1. The van der Waals surface area contributed by atoms with E-state index in [2.05, 4.69) is 20.9 Å². The zero-order chi connectivity index (χ0) is 13.3. The van der Waals surface area contributed by atoms with Crippen molar-refractivity contribution >= 4 is 32.8 Å². The SMILES string of the molecule is COC(=O)c1[nH]c2cc(OC)c(OC)cc2c1Br. The van der Waals surface area contributed by atoms with Crippen LogP contribution in [0.3, 0.4) is 0 Å². The molecule has 2 aromatic rings. The van der Waals surface area contributed by atoms with E-state index in [4.69, 9.17) is 14.2 Å². The molecule has 0 radical (unpaired) electrons. The molecule has 0 aliphatic heterocycles. The summed E-state index contributed by atoms with van der Waals surface area (Å²) in [6, 6.07) is 3.56. The molecule has 0 amide bonds. The van der Waals surface area contributed by atoms with Crippen LogP contribution in [0.25, 0.3) is 10.9 Å². The van der Waals surface area contributed by atoms with E-state index in [1.165, 1.54) is 7.11 Å². The number of carbonyl (C=O) groups is 1. The molecule has 1 aromatic heterocycles. The highest BCUT2D eigenvalue weighted by molar-refractivity contribution is 9.10. The minimum atomic E-state index is -0.434. The lowest BCUT2D eigenvalue weighted by Crippen LogP contribution is -2.01. The minimum Gasteiger partial charge on any atom is -0.493 e. The van der Waals surface area contributed by atoms with Crippen molar-refractivity contribution in [3.8, 4) is 11.5 Å². The first-order valence-corrected chi connectivity index (χ1v) is 5.93. The van der Waals surface area contributed by atoms with Gasteiger partial charge in [-0.1, -0.05) is 0 Å². The van der Waals surface area contributed by atoms with Gasteiger partial charge in [0, 0.05) is 11.5 Å². The van der Waals surface area contributed by atoms with Gasteiger partial charge in [0.15, 0.2) is 11.5 Å². The number of halogens is 1. The highest BCUT2D eigenvalue weighted by Crippen LogP contribution is 2.37. The van der Waals surface area contributed by atoms with E-state index in [1.54, 1.807) is 26.4 Å². The van der Waals surface area contributed by atoms with Crippen molar-refractivity contribution in [3.05, 3.63) is 22.3 Å². The molecule has 0 fully saturated rings. The van der Waals surface area contributed by atoms with Crippen LogP contribution in [0, 0.1) is 0 Å². The van der Waals surface area contributed by atoms with E-state index in [1.807, 2.05) is 0 Å². The van der Waals surface area contributed by atoms with Crippen molar-refractivity contribution in [2.24, 2.45) is 0 Å². The first-order chi connectivity index (χ1) is 8.62. The third-order valence-corrected chi connectivity index (χ3v) is 3.45. The van der Waals surface area contributed by atoms with Crippen LogP contribution in [-0.2, 0) is 4.74 Å². The van der Waals surface area contributed by atoms with Crippen LogP contribution in [0.5, 0.6) is 11.5 Å². The highest BCUT2D eigenvalue weighted by atomic mass is 79.9. The number of rotatable bonds is 3. The second-order valence-corrected chi connectivity index (χ2v) is 4.35. The monoisotopic (exact) mass is 313 g/mol. The molecule has 0 unspecified atom stereocenters. The quantitative estimate of drug-likeness (QED) is 0.885. The maximum atomic E-state index is 11.6. The van der Waals surface area contributed by atoms with Crippen LogP contribution in [-0.4, -0.2) is 32.3 Å². The van der Waals surface area contributed by atoms with Gasteiger partial charge in [-0.3, -0.25) is 0 Å². The topological polar surface area (TPSA) is 60.6 Å². The molecule has 0 aliphatic carbocycles. The summed E-state index contributed by atoms with van der Waals surface area (Å²) in [5.41, 5.74) is 1.13. The van der Waals surface area contributed by atoms with Crippen molar-refractivity contribution in [1.82, 2.24) is 4.98 Å². The standard InChI is InChI=1S/C12H12BrNO4/c1-16-8-4-6-7(5-9(8)17-2)14-11(10(6)13)12(15)18-3/h4-5,14H,1-3H3. The van der Waals surface area contributed by atoms with Crippen molar-refractivity contribution < 1.29 is 19.0 Å². The fraction of sp³-hybridized carbons (Fsp3) is 0.250. The Hall–Kier alpha value is -1.69. The van der Waals surface area contributed by atoms with Crippen LogP contribution >= 0.6 is 15.9 Å². The maximum absolute atomic E-state index is 11.6. The number of fused-ring (bicyclic) bond motifs is 1. The van der Waals surface area contributed by atoms with Crippen LogP contribution < -0.4 is 9.47 Å². The van der Waals surface area contributed by atoms with Crippen LogP contribution in [0.4, 0.5) is 0 Å². The lowest BCUT2D eigenvalue weighted by molar-refractivity contribution is 0.0594. The maximum Gasteiger partial charge on any atom is 0.355 e. The third-order valence-electron chi connectivity index (χ3n) is 2.63. The molecule has 6 heteroatoms. The van der Waals surface area contributed by atoms with Crippen molar-refractivity contribution in [2.45, 2.75) is 0 Å². The average molecular weight is 314 g/mol. The van der Waals surface area contributed by atoms with Crippen molar-refractivity contribution in [3.63, 3.8) is 0 Å². The predicted molar refractivity (Wildman–Crippen MR) is 70.4 cm³/mol. The number of hydrogen-bond acceptors (Lipinski definition) is 4. The second-order valence-electron chi connectivity index (χ2n) is 3.56. The lowest BCUT2D eigenvalue weighted by Gasteiger charge is -2.06. The number of ether oxygens (including phenoxy) is 3. The number of aromatic nitrogens is 1. The molecule has 0 aliphatic rings. The van der Waals surface area contributed by atoms with Gasteiger partial charge in [-0.15, -0.1) is 0 Å². The van der Waals surface area contributed by atoms with Gasteiger partial charge in [0.2, 0.25) is 0 Å². The van der Waals surface area contributed by atoms with E-state index in [0.29, 0.717) is 21.7 Å². The average Bonchev–Trinajstić information content (AvgIpc) is 2.73. The summed E-state index contributed by atoms with van der Waals surface area (Å²) >= 11 is 3.37. The Morgan fingerprint density at radius 1 is 1.17 bits per heavy atom. The summed E-state index contributed by atoms with van der Waals surface area (Å²) in [4.78, 5) is 14.6.